The highest BCUT2D eigenvalue weighted by Crippen LogP contribution is 2.43. The fourth-order valence-corrected chi connectivity index (χ4v) is 6.09. The van der Waals surface area contributed by atoms with Gasteiger partial charge in [-0.2, -0.15) is 0 Å². The van der Waals surface area contributed by atoms with Gasteiger partial charge in [-0.25, -0.2) is 15.0 Å². The molecule has 3 unspecified atom stereocenters. The summed E-state index contributed by atoms with van der Waals surface area (Å²) in [5.74, 6) is 2.11. The van der Waals surface area contributed by atoms with E-state index in [4.69, 9.17) is 18.9 Å². The van der Waals surface area contributed by atoms with Gasteiger partial charge in [0, 0.05) is 19.0 Å². The van der Waals surface area contributed by atoms with Gasteiger partial charge in [0.25, 0.3) is 0 Å². The third kappa shape index (κ3) is 7.06. The molecular formula is C39H39N5O6. The molecule has 0 radical (unpaired) electrons. The quantitative estimate of drug-likeness (QED) is 0.124. The molecule has 0 amide bonds. The van der Waals surface area contributed by atoms with Gasteiger partial charge in [-0.3, -0.25) is 9.36 Å². The SMILES string of the molecule is CNc1ncnc2c1ncn2C1CC(O)C(COC(c2ccccc2)(c2ccc(OC)cc2)c2ccc(OC)cc2)O1.O=Cc1ccccc1. The Balaban J connectivity index is 0.000000477. The number of nitrogens with one attached hydrogen (secondary N) is 1. The van der Waals surface area contributed by atoms with Gasteiger partial charge >= 0.3 is 0 Å². The van der Waals surface area contributed by atoms with Crippen molar-refractivity contribution < 1.29 is 28.8 Å². The molecule has 7 rings (SSSR count). The van der Waals surface area contributed by atoms with Gasteiger partial charge in [0.1, 0.15) is 47.6 Å². The maximum Gasteiger partial charge on any atom is 0.167 e. The first kappa shape index (κ1) is 34.3. The summed E-state index contributed by atoms with van der Waals surface area (Å²) in [6, 6.07) is 34.8. The van der Waals surface area contributed by atoms with Crippen LogP contribution in [0.1, 0.15) is 39.7 Å². The number of fused-ring (bicyclic) bond motifs is 1. The highest BCUT2D eigenvalue weighted by Gasteiger charge is 2.42. The Morgan fingerprint density at radius 3 is 1.96 bits per heavy atom. The number of hydrogen-bond donors (Lipinski definition) is 2. The average molecular weight is 674 g/mol. The summed E-state index contributed by atoms with van der Waals surface area (Å²) < 4.78 is 26.1. The minimum atomic E-state index is -1.02. The molecule has 11 heteroatoms. The first-order chi connectivity index (χ1) is 24.5. The molecule has 11 nitrogen and oxygen atoms in total. The van der Waals surface area contributed by atoms with E-state index in [9.17, 15) is 9.90 Å². The van der Waals surface area contributed by atoms with Gasteiger partial charge in [0.2, 0.25) is 0 Å². The second-order valence-corrected chi connectivity index (χ2v) is 11.6. The number of nitrogens with zero attached hydrogens (tertiary/aromatic N) is 4. The average Bonchev–Trinajstić information content (AvgIpc) is 3.79. The number of imidazole rings is 1. The van der Waals surface area contributed by atoms with Crippen molar-refractivity contribution in [2.75, 3.05) is 33.2 Å². The Morgan fingerprint density at radius 2 is 1.42 bits per heavy atom. The summed E-state index contributed by atoms with van der Waals surface area (Å²) >= 11 is 0. The summed E-state index contributed by atoms with van der Waals surface area (Å²) in [4.78, 5) is 23.1. The van der Waals surface area contributed by atoms with E-state index in [1.165, 1.54) is 6.33 Å². The van der Waals surface area contributed by atoms with Gasteiger partial charge in [-0.1, -0.05) is 84.9 Å². The molecule has 50 heavy (non-hydrogen) atoms. The lowest BCUT2D eigenvalue weighted by molar-refractivity contribution is -0.0931. The summed E-state index contributed by atoms with van der Waals surface area (Å²) in [5, 5.41) is 14.2. The standard InChI is InChI=1S/C32H33N5O5.C7H6O/c1-33-30-29-31(35-19-34-30)37(20-36-29)28-17-26(38)27(42-28)18-41-32(21-7-5-4-6-8-21,22-9-13-24(39-2)14-10-22)23-11-15-25(40-3)16-12-23;8-6-7-4-2-1-3-5-7/h4-16,19-20,26-28,38H,17-18H2,1-3H3,(H,33,34,35);1-6H. The summed E-state index contributed by atoms with van der Waals surface area (Å²) in [6.45, 7) is 0.119. The maximum atomic E-state index is 11.2. The Kier molecular flexibility index (Phi) is 10.8. The lowest BCUT2D eigenvalue weighted by Gasteiger charge is -2.37. The van der Waals surface area contributed by atoms with Crippen LogP contribution in [0.4, 0.5) is 5.82 Å². The molecular weight excluding hydrogens is 634 g/mol. The second kappa shape index (κ2) is 15.7. The van der Waals surface area contributed by atoms with E-state index in [0.29, 0.717) is 23.4 Å². The Morgan fingerprint density at radius 1 is 0.840 bits per heavy atom. The van der Waals surface area contributed by atoms with Gasteiger partial charge in [-0.05, 0) is 41.0 Å². The van der Waals surface area contributed by atoms with Crippen molar-refractivity contribution in [2.24, 2.45) is 0 Å². The van der Waals surface area contributed by atoms with E-state index in [0.717, 1.165) is 40.0 Å². The molecule has 1 aliphatic heterocycles. The van der Waals surface area contributed by atoms with Crippen LogP contribution in [-0.4, -0.2) is 71.0 Å². The lowest BCUT2D eigenvalue weighted by Crippen LogP contribution is -2.38. The molecule has 1 aliphatic rings. The van der Waals surface area contributed by atoms with Crippen LogP contribution in [0.3, 0.4) is 0 Å². The molecule has 2 aromatic heterocycles. The number of ether oxygens (including phenoxy) is 4. The summed E-state index contributed by atoms with van der Waals surface area (Å²) in [6.07, 6.45) is 2.52. The van der Waals surface area contributed by atoms with E-state index < -0.39 is 24.0 Å². The number of carbonyl (C=O) groups is 1. The zero-order valence-electron chi connectivity index (χ0n) is 28.0. The van der Waals surface area contributed by atoms with Gasteiger partial charge in [0.15, 0.2) is 11.5 Å². The molecule has 256 valence electrons. The fourth-order valence-electron chi connectivity index (χ4n) is 6.09. The number of aromatic nitrogens is 4. The van der Waals surface area contributed by atoms with Crippen LogP contribution in [-0.2, 0) is 15.1 Å². The Hall–Kier alpha value is -5.62. The number of aliphatic hydroxyl groups excluding tert-OH is 1. The third-order valence-corrected chi connectivity index (χ3v) is 8.68. The van der Waals surface area contributed by atoms with Crippen LogP contribution in [0.25, 0.3) is 11.2 Å². The monoisotopic (exact) mass is 673 g/mol. The second-order valence-electron chi connectivity index (χ2n) is 11.6. The highest BCUT2D eigenvalue weighted by molar-refractivity contribution is 5.82. The van der Waals surface area contributed by atoms with E-state index in [2.05, 4.69) is 20.3 Å². The van der Waals surface area contributed by atoms with E-state index in [-0.39, 0.29) is 6.61 Å². The van der Waals surface area contributed by atoms with Crippen LogP contribution < -0.4 is 14.8 Å². The number of hydrogen-bond acceptors (Lipinski definition) is 10. The predicted molar refractivity (Wildman–Crippen MR) is 189 cm³/mol. The van der Waals surface area contributed by atoms with Crippen LogP contribution >= 0.6 is 0 Å². The van der Waals surface area contributed by atoms with Crippen LogP contribution in [0, 0.1) is 0 Å². The number of rotatable bonds is 11. The molecule has 0 saturated carbocycles. The van der Waals surface area contributed by atoms with Gasteiger partial charge < -0.3 is 29.4 Å². The Labute approximate surface area is 290 Å². The molecule has 0 spiro atoms. The van der Waals surface area contributed by atoms with Crippen molar-refractivity contribution >= 4 is 23.3 Å². The predicted octanol–water partition coefficient (Wildman–Crippen LogP) is 6.04. The molecule has 3 atom stereocenters. The van der Waals surface area contributed by atoms with E-state index in [1.54, 1.807) is 39.7 Å². The fraction of sp³-hybridized carbons (Fsp3) is 0.231. The van der Waals surface area contributed by atoms with Crippen molar-refractivity contribution in [1.82, 2.24) is 19.5 Å². The number of aliphatic hydroxyl groups is 1. The molecule has 6 aromatic rings. The third-order valence-electron chi connectivity index (χ3n) is 8.68. The molecule has 3 heterocycles. The molecule has 1 saturated heterocycles. The number of carbonyl (C=O) groups excluding carboxylic acids is 1. The number of methoxy groups -OCH3 is 2. The summed E-state index contributed by atoms with van der Waals surface area (Å²) in [7, 11) is 5.07. The molecule has 4 aromatic carbocycles. The van der Waals surface area contributed by atoms with Crippen molar-refractivity contribution in [3.63, 3.8) is 0 Å². The Bertz CT molecular complexity index is 1920. The molecule has 0 bridgehead atoms. The maximum absolute atomic E-state index is 11.2. The summed E-state index contributed by atoms with van der Waals surface area (Å²) in [5.41, 5.74) is 3.72. The van der Waals surface area contributed by atoms with Crippen LogP contribution in [0.2, 0.25) is 0 Å². The largest absolute Gasteiger partial charge is 0.497 e. The van der Waals surface area contributed by atoms with Crippen molar-refractivity contribution in [3.05, 3.63) is 144 Å². The number of anilines is 1. The van der Waals surface area contributed by atoms with E-state index in [1.807, 2.05) is 102 Å². The van der Waals surface area contributed by atoms with Crippen LogP contribution in [0.5, 0.6) is 11.5 Å². The smallest absolute Gasteiger partial charge is 0.167 e. The number of aldehydes is 1. The highest BCUT2D eigenvalue weighted by atomic mass is 16.6. The minimum Gasteiger partial charge on any atom is -0.497 e. The van der Waals surface area contributed by atoms with Gasteiger partial charge in [0.05, 0.1) is 33.3 Å². The minimum absolute atomic E-state index is 0.119. The van der Waals surface area contributed by atoms with Crippen molar-refractivity contribution in [2.45, 2.75) is 30.5 Å². The molecule has 1 fully saturated rings. The van der Waals surface area contributed by atoms with Crippen molar-refractivity contribution in [1.29, 1.82) is 0 Å². The zero-order valence-corrected chi connectivity index (χ0v) is 28.0. The van der Waals surface area contributed by atoms with Gasteiger partial charge in [-0.15, -0.1) is 0 Å². The topological polar surface area (TPSA) is 130 Å². The van der Waals surface area contributed by atoms with Crippen molar-refractivity contribution in [3.8, 4) is 11.5 Å². The number of benzene rings is 4. The van der Waals surface area contributed by atoms with E-state index >= 15 is 0 Å². The normalized spacial score (nSPS) is 17.1. The molecule has 0 aliphatic carbocycles. The molecule has 2 N–H and O–H groups in total. The zero-order chi connectivity index (χ0) is 34.9. The lowest BCUT2D eigenvalue weighted by atomic mass is 9.80. The first-order valence-electron chi connectivity index (χ1n) is 16.2. The first-order valence-corrected chi connectivity index (χ1v) is 16.2. The van der Waals surface area contributed by atoms with Crippen LogP contribution in [0.15, 0.2) is 122 Å².